The van der Waals surface area contributed by atoms with Gasteiger partial charge in [-0.3, -0.25) is 9.69 Å². The molecule has 0 fully saturated rings. The molecule has 0 bridgehead atoms. The zero-order valence-electron chi connectivity index (χ0n) is 21.3. The molecule has 0 saturated heterocycles. The molecule has 0 aliphatic rings. The van der Waals surface area contributed by atoms with E-state index in [9.17, 15) is 9.90 Å². The highest BCUT2D eigenvalue weighted by atomic mass is 16.6. The first-order valence-corrected chi connectivity index (χ1v) is 12.6. The van der Waals surface area contributed by atoms with Gasteiger partial charge in [0, 0.05) is 13.1 Å². The second-order valence-corrected chi connectivity index (χ2v) is 10.1. The Balaban J connectivity index is 1.74. The highest BCUT2D eigenvalue weighted by Gasteiger charge is 2.30. The summed E-state index contributed by atoms with van der Waals surface area (Å²) in [6, 6.07) is 29.9. The smallest absolute Gasteiger partial charge is 0.323 e. The summed E-state index contributed by atoms with van der Waals surface area (Å²) in [4.78, 5) is 15.6. The summed E-state index contributed by atoms with van der Waals surface area (Å²) in [5.74, 6) is -0.187. The normalized spacial score (nSPS) is 13.4. The van der Waals surface area contributed by atoms with Crippen LogP contribution < -0.4 is 0 Å². The molecule has 4 heteroatoms. The maximum atomic E-state index is 13.4. The lowest BCUT2D eigenvalue weighted by molar-refractivity contribution is -0.162. The number of carbonyl (C=O) groups is 1. The minimum Gasteiger partial charge on any atom is -0.459 e. The summed E-state index contributed by atoms with van der Waals surface area (Å²) in [5.41, 5.74) is 2.71. The molecule has 0 spiro atoms. The monoisotopic (exact) mass is 473 g/mol. The standard InChI is InChI=1S/C31H39NO3/c1-31(2,3)35-30(34)28(21-13-14-22-29(33)27-19-11-6-12-20-27)32(23-25-15-7-4-8-16-25)24-26-17-9-5-10-18-26/h4-12,15-20,28-29,33H,13-14,21-24H2,1-3H3. The third-order valence-corrected chi connectivity index (χ3v) is 5.97. The minimum atomic E-state index is -0.552. The molecule has 4 nitrogen and oxygen atoms in total. The molecule has 0 heterocycles. The molecule has 2 unspecified atom stereocenters. The predicted octanol–water partition coefficient (Wildman–Crippen LogP) is 6.69. The first-order chi connectivity index (χ1) is 16.8. The van der Waals surface area contributed by atoms with Crippen molar-refractivity contribution in [3.05, 3.63) is 108 Å². The predicted molar refractivity (Wildman–Crippen MR) is 142 cm³/mol. The van der Waals surface area contributed by atoms with Crippen LogP contribution in [-0.4, -0.2) is 27.6 Å². The van der Waals surface area contributed by atoms with Gasteiger partial charge in [-0.2, -0.15) is 0 Å². The molecular weight excluding hydrogens is 434 g/mol. The van der Waals surface area contributed by atoms with Gasteiger partial charge in [-0.25, -0.2) is 0 Å². The van der Waals surface area contributed by atoms with Crippen LogP contribution in [-0.2, 0) is 22.6 Å². The second-order valence-electron chi connectivity index (χ2n) is 10.1. The summed E-state index contributed by atoms with van der Waals surface area (Å²) in [6.07, 6.45) is 2.52. The lowest BCUT2D eigenvalue weighted by atomic mass is 10.00. The fourth-order valence-corrected chi connectivity index (χ4v) is 4.25. The fourth-order valence-electron chi connectivity index (χ4n) is 4.25. The topological polar surface area (TPSA) is 49.8 Å². The third kappa shape index (κ3) is 9.31. The molecule has 0 radical (unpaired) electrons. The molecule has 186 valence electrons. The van der Waals surface area contributed by atoms with Crippen molar-refractivity contribution < 1.29 is 14.6 Å². The Kier molecular flexibility index (Phi) is 10.1. The Morgan fingerprint density at radius 3 is 1.71 bits per heavy atom. The number of nitrogens with zero attached hydrogens (tertiary/aromatic N) is 1. The van der Waals surface area contributed by atoms with E-state index in [0.717, 1.165) is 29.5 Å². The molecule has 0 aliphatic heterocycles. The van der Waals surface area contributed by atoms with Crippen LogP contribution >= 0.6 is 0 Å². The minimum absolute atomic E-state index is 0.187. The van der Waals surface area contributed by atoms with Gasteiger partial charge in [0.05, 0.1) is 6.10 Å². The van der Waals surface area contributed by atoms with Gasteiger partial charge in [0.1, 0.15) is 11.6 Å². The Bertz CT molecular complexity index is 958. The summed E-state index contributed by atoms with van der Waals surface area (Å²) in [7, 11) is 0. The molecule has 0 amide bonds. The van der Waals surface area contributed by atoms with Gasteiger partial charge in [0.2, 0.25) is 0 Å². The van der Waals surface area contributed by atoms with Crippen LogP contribution in [0.25, 0.3) is 0 Å². The number of carbonyl (C=O) groups excluding carboxylic acids is 1. The van der Waals surface area contributed by atoms with Crippen LogP contribution in [0.2, 0.25) is 0 Å². The maximum absolute atomic E-state index is 13.4. The van der Waals surface area contributed by atoms with Gasteiger partial charge in [-0.15, -0.1) is 0 Å². The zero-order valence-corrected chi connectivity index (χ0v) is 21.3. The van der Waals surface area contributed by atoms with Crippen LogP contribution in [0, 0.1) is 0 Å². The maximum Gasteiger partial charge on any atom is 0.323 e. The van der Waals surface area contributed by atoms with Gasteiger partial charge < -0.3 is 9.84 Å². The molecular formula is C31H39NO3. The van der Waals surface area contributed by atoms with Crippen molar-refractivity contribution in [1.29, 1.82) is 0 Å². The molecule has 1 N–H and O–H groups in total. The van der Waals surface area contributed by atoms with E-state index in [1.54, 1.807) is 0 Å². The molecule has 2 atom stereocenters. The summed E-state index contributed by atoms with van der Waals surface area (Å²) >= 11 is 0. The van der Waals surface area contributed by atoms with E-state index in [-0.39, 0.29) is 12.0 Å². The quantitative estimate of drug-likeness (QED) is 0.235. The number of rotatable bonds is 12. The summed E-state index contributed by atoms with van der Waals surface area (Å²) in [6.45, 7) is 7.06. The lowest BCUT2D eigenvalue weighted by Gasteiger charge is -2.33. The highest BCUT2D eigenvalue weighted by molar-refractivity contribution is 5.76. The fraction of sp³-hybridized carbons (Fsp3) is 0.387. The molecule has 0 saturated carbocycles. The number of unbranched alkanes of at least 4 members (excludes halogenated alkanes) is 1. The molecule has 3 rings (SSSR count). The second kappa shape index (κ2) is 13.2. The number of aliphatic hydroxyl groups is 1. The van der Waals surface area contributed by atoms with E-state index in [1.165, 1.54) is 0 Å². The first-order valence-electron chi connectivity index (χ1n) is 12.6. The number of ether oxygens (including phenoxy) is 1. The van der Waals surface area contributed by atoms with Crippen LogP contribution in [0.5, 0.6) is 0 Å². The Morgan fingerprint density at radius 1 is 0.771 bits per heavy atom. The lowest BCUT2D eigenvalue weighted by Crippen LogP contribution is -2.43. The Hall–Kier alpha value is -2.95. The van der Waals surface area contributed by atoms with Gasteiger partial charge in [-0.05, 0) is 50.3 Å². The molecule has 0 aromatic heterocycles. The Morgan fingerprint density at radius 2 is 1.23 bits per heavy atom. The number of hydrogen-bond donors (Lipinski definition) is 1. The van der Waals surface area contributed by atoms with Crippen LogP contribution in [0.4, 0.5) is 0 Å². The van der Waals surface area contributed by atoms with Crippen LogP contribution in [0.1, 0.15) is 69.2 Å². The molecule has 35 heavy (non-hydrogen) atoms. The molecule has 3 aromatic carbocycles. The van der Waals surface area contributed by atoms with Crippen molar-refractivity contribution in [1.82, 2.24) is 4.90 Å². The highest BCUT2D eigenvalue weighted by Crippen LogP contribution is 2.24. The van der Waals surface area contributed by atoms with Crippen molar-refractivity contribution in [2.45, 2.75) is 77.3 Å². The van der Waals surface area contributed by atoms with E-state index < -0.39 is 11.7 Å². The van der Waals surface area contributed by atoms with Gasteiger partial charge in [0.25, 0.3) is 0 Å². The number of esters is 1. The van der Waals surface area contributed by atoms with Crippen LogP contribution in [0.3, 0.4) is 0 Å². The number of benzene rings is 3. The largest absolute Gasteiger partial charge is 0.459 e. The summed E-state index contributed by atoms with van der Waals surface area (Å²) < 4.78 is 5.87. The van der Waals surface area contributed by atoms with Crippen molar-refractivity contribution in [2.24, 2.45) is 0 Å². The zero-order chi connectivity index (χ0) is 25.1. The average molecular weight is 474 g/mol. The average Bonchev–Trinajstić information content (AvgIpc) is 2.84. The SMILES string of the molecule is CC(C)(C)OC(=O)C(CCCCC(O)c1ccccc1)N(Cc1ccccc1)Cc1ccccc1. The third-order valence-electron chi connectivity index (χ3n) is 5.97. The number of hydrogen-bond acceptors (Lipinski definition) is 4. The van der Waals surface area contributed by atoms with Crippen molar-refractivity contribution in [3.8, 4) is 0 Å². The van der Waals surface area contributed by atoms with Gasteiger partial charge in [0.15, 0.2) is 0 Å². The summed E-state index contributed by atoms with van der Waals surface area (Å²) in [5, 5.41) is 10.5. The van der Waals surface area contributed by atoms with E-state index in [2.05, 4.69) is 29.2 Å². The van der Waals surface area contributed by atoms with E-state index in [1.807, 2.05) is 87.5 Å². The van der Waals surface area contributed by atoms with E-state index in [4.69, 9.17) is 4.74 Å². The van der Waals surface area contributed by atoms with Crippen LogP contribution in [0.15, 0.2) is 91.0 Å². The first kappa shape index (κ1) is 26.7. The van der Waals surface area contributed by atoms with Gasteiger partial charge in [-0.1, -0.05) is 104 Å². The van der Waals surface area contributed by atoms with Crippen molar-refractivity contribution in [3.63, 3.8) is 0 Å². The van der Waals surface area contributed by atoms with Crippen molar-refractivity contribution >= 4 is 5.97 Å². The number of aliphatic hydroxyl groups excluding tert-OH is 1. The van der Waals surface area contributed by atoms with E-state index >= 15 is 0 Å². The Labute approximate surface area is 210 Å². The van der Waals surface area contributed by atoms with Gasteiger partial charge >= 0.3 is 5.97 Å². The molecule has 3 aromatic rings. The molecule has 0 aliphatic carbocycles. The van der Waals surface area contributed by atoms with Crippen molar-refractivity contribution in [2.75, 3.05) is 0 Å². The van der Waals surface area contributed by atoms with E-state index in [0.29, 0.717) is 25.9 Å².